The first kappa shape index (κ1) is 22.7. The Hall–Kier alpha value is -3.13. The first-order chi connectivity index (χ1) is 16.5. The van der Waals surface area contributed by atoms with E-state index in [-0.39, 0.29) is 11.9 Å². The maximum absolute atomic E-state index is 13.6. The van der Waals surface area contributed by atoms with Crippen molar-refractivity contribution in [3.05, 3.63) is 47.3 Å². The number of rotatable bonds is 7. The van der Waals surface area contributed by atoms with Crippen LogP contribution >= 0.6 is 0 Å². The Morgan fingerprint density at radius 3 is 2.50 bits per heavy atom. The summed E-state index contributed by atoms with van der Waals surface area (Å²) in [6.45, 7) is 7.93. The number of carbonyl (C=O) groups excluding carboxylic acids is 1. The summed E-state index contributed by atoms with van der Waals surface area (Å²) in [7, 11) is 3.36. The van der Waals surface area contributed by atoms with Crippen LogP contribution < -0.4 is 9.47 Å². The molecular weight excluding hydrogens is 430 g/mol. The number of fused-ring (bicyclic) bond motifs is 1. The molecule has 2 aromatic heterocycles. The van der Waals surface area contributed by atoms with Crippen LogP contribution in [0.15, 0.2) is 30.5 Å². The van der Waals surface area contributed by atoms with Gasteiger partial charge in [0, 0.05) is 55.9 Å². The molecule has 5 rings (SSSR count). The minimum absolute atomic E-state index is 0.0798. The van der Waals surface area contributed by atoms with Crippen LogP contribution in [0.5, 0.6) is 11.5 Å². The van der Waals surface area contributed by atoms with E-state index in [1.807, 2.05) is 33.8 Å². The van der Waals surface area contributed by atoms with Gasteiger partial charge in [0.15, 0.2) is 5.65 Å². The number of hydrogen-bond donors (Lipinski definition) is 0. The van der Waals surface area contributed by atoms with Crippen LogP contribution in [0.3, 0.4) is 0 Å². The summed E-state index contributed by atoms with van der Waals surface area (Å²) in [5.74, 6) is 2.23. The van der Waals surface area contributed by atoms with Crippen molar-refractivity contribution in [1.29, 1.82) is 0 Å². The monoisotopic (exact) mass is 463 g/mol. The topological polar surface area (TPSA) is 72.7 Å². The Labute approximate surface area is 200 Å². The third-order valence-electron chi connectivity index (χ3n) is 6.84. The van der Waals surface area contributed by atoms with Gasteiger partial charge in [0.05, 0.1) is 31.4 Å². The van der Waals surface area contributed by atoms with Crippen LogP contribution in [-0.4, -0.2) is 70.9 Å². The SMILES string of the molecule is COc1ccc(OC)c(CN2CCN(C(=O)c3cc(C4CC4)nc4c3cnn4C(C)C)CC2)c1. The lowest BCUT2D eigenvalue weighted by atomic mass is 10.1. The lowest BCUT2D eigenvalue weighted by Gasteiger charge is -2.35. The zero-order chi connectivity index (χ0) is 23.8. The molecule has 1 aliphatic carbocycles. The molecule has 2 fully saturated rings. The Morgan fingerprint density at radius 1 is 1.09 bits per heavy atom. The largest absolute Gasteiger partial charge is 0.497 e. The van der Waals surface area contributed by atoms with Crippen molar-refractivity contribution in [3.63, 3.8) is 0 Å². The predicted molar refractivity (Wildman–Crippen MR) is 131 cm³/mol. The minimum Gasteiger partial charge on any atom is -0.497 e. The van der Waals surface area contributed by atoms with Crippen LogP contribution in [0.1, 0.15) is 60.3 Å². The first-order valence-corrected chi connectivity index (χ1v) is 12.1. The highest BCUT2D eigenvalue weighted by Crippen LogP contribution is 2.40. The van der Waals surface area contributed by atoms with Gasteiger partial charge in [0.2, 0.25) is 0 Å². The van der Waals surface area contributed by atoms with E-state index in [2.05, 4.69) is 23.8 Å². The molecule has 180 valence electrons. The second-order valence-corrected chi connectivity index (χ2v) is 9.54. The molecule has 1 aliphatic heterocycles. The van der Waals surface area contributed by atoms with E-state index in [9.17, 15) is 4.79 Å². The summed E-state index contributed by atoms with van der Waals surface area (Å²) < 4.78 is 12.9. The number of hydrogen-bond acceptors (Lipinski definition) is 6. The molecule has 3 aromatic rings. The van der Waals surface area contributed by atoms with Gasteiger partial charge >= 0.3 is 0 Å². The van der Waals surface area contributed by atoms with E-state index in [4.69, 9.17) is 14.5 Å². The maximum Gasteiger partial charge on any atom is 0.254 e. The lowest BCUT2D eigenvalue weighted by molar-refractivity contribution is 0.0629. The van der Waals surface area contributed by atoms with Gasteiger partial charge < -0.3 is 14.4 Å². The second-order valence-electron chi connectivity index (χ2n) is 9.54. The Kier molecular flexibility index (Phi) is 6.16. The number of amides is 1. The molecule has 34 heavy (non-hydrogen) atoms. The smallest absolute Gasteiger partial charge is 0.254 e. The lowest BCUT2D eigenvalue weighted by Crippen LogP contribution is -2.48. The summed E-state index contributed by atoms with van der Waals surface area (Å²) in [6.07, 6.45) is 4.10. The number of pyridine rings is 1. The molecule has 3 heterocycles. The Bertz CT molecular complexity index is 1190. The zero-order valence-electron chi connectivity index (χ0n) is 20.5. The normalized spacial score (nSPS) is 16.9. The van der Waals surface area contributed by atoms with Crippen LogP contribution in [0.4, 0.5) is 0 Å². The highest BCUT2D eigenvalue weighted by Gasteiger charge is 2.30. The molecule has 1 aromatic carbocycles. The zero-order valence-corrected chi connectivity index (χ0v) is 20.5. The average Bonchev–Trinajstić information content (AvgIpc) is 3.62. The second kappa shape index (κ2) is 9.25. The molecule has 8 nitrogen and oxygen atoms in total. The molecule has 0 N–H and O–H groups in total. The highest BCUT2D eigenvalue weighted by atomic mass is 16.5. The number of carbonyl (C=O) groups is 1. The fraction of sp³-hybridized carbons (Fsp3) is 0.500. The fourth-order valence-electron chi connectivity index (χ4n) is 4.71. The third kappa shape index (κ3) is 4.34. The van der Waals surface area contributed by atoms with E-state index in [1.54, 1.807) is 20.4 Å². The standard InChI is InChI=1S/C26H33N5O3/c1-17(2)31-25-22(15-27-31)21(14-23(28-25)18-5-6-18)26(32)30-11-9-29(10-12-30)16-19-13-20(33-3)7-8-24(19)34-4/h7-8,13-15,17-18H,5-6,9-12,16H2,1-4H3. The van der Waals surface area contributed by atoms with Gasteiger partial charge in [-0.15, -0.1) is 0 Å². The number of nitrogens with zero attached hydrogens (tertiary/aromatic N) is 5. The van der Waals surface area contributed by atoms with Crippen molar-refractivity contribution < 1.29 is 14.3 Å². The van der Waals surface area contributed by atoms with Gasteiger partial charge in [-0.05, 0) is 51.0 Å². The van der Waals surface area contributed by atoms with Crippen molar-refractivity contribution in [2.24, 2.45) is 0 Å². The minimum atomic E-state index is 0.0798. The number of methoxy groups -OCH3 is 2. The van der Waals surface area contributed by atoms with E-state index in [0.717, 1.165) is 71.8 Å². The molecule has 0 spiro atoms. The Morgan fingerprint density at radius 2 is 1.85 bits per heavy atom. The maximum atomic E-state index is 13.6. The highest BCUT2D eigenvalue weighted by molar-refractivity contribution is 6.05. The summed E-state index contributed by atoms with van der Waals surface area (Å²) in [6, 6.07) is 8.08. The Balaban J connectivity index is 1.33. The molecule has 1 amide bonds. The quantitative estimate of drug-likeness (QED) is 0.530. The summed E-state index contributed by atoms with van der Waals surface area (Å²) >= 11 is 0. The summed E-state index contributed by atoms with van der Waals surface area (Å²) in [5.41, 5.74) is 3.68. The van der Waals surface area contributed by atoms with Gasteiger partial charge in [0.25, 0.3) is 5.91 Å². The van der Waals surface area contributed by atoms with E-state index < -0.39 is 0 Å². The van der Waals surface area contributed by atoms with Crippen molar-refractivity contribution in [3.8, 4) is 11.5 Å². The van der Waals surface area contributed by atoms with Crippen molar-refractivity contribution >= 4 is 16.9 Å². The van der Waals surface area contributed by atoms with Crippen LogP contribution in [0.25, 0.3) is 11.0 Å². The number of piperazine rings is 1. The van der Waals surface area contributed by atoms with Gasteiger partial charge in [-0.25, -0.2) is 9.67 Å². The fourth-order valence-corrected chi connectivity index (χ4v) is 4.71. The van der Waals surface area contributed by atoms with Crippen molar-refractivity contribution in [2.75, 3.05) is 40.4 Å². The predicted octanol–water partition coefficient (Wildman–Crippen LogP) is 3.86. The molecule has 0 unspecified atom stereocenters. The molecule has 1 saturated carbocycles. The third-order valence-corrected chi connectivity index (χ3v) is 6.84. The molecule has 2 aliphatic rings. The van der Waals surface area contributed by atoms with E-state index >= 15 is 0 Å². The van der Waals surface area contributed by atoms with E-state index in [0.29, 0.717) is 19.0 Å². The van der Waals surface area contributed by atoms with E-state index in [1.165, 1.54) is 0 Å². The number of aromatic nitrogens is 3. The first-order valence-electron chi connectivity index (χ1n) is 12.1. The van der Waals surface area contributed by atoms with Crippen LogP contribution in [-0.2, 0) is 6.54 Å². The molecular formula is C26H33N5O3. The van der Waals surface area contributed by atoms with Crippen LogP contribution in [0, 0.1) is 0 Å². The van der Waals surface area contributed by atoms with Crippen LogP contribution in [0.2, 0.25) is 0 Å². The van der Waals surface area contributed by atoms with Crippen molar-refractivity contribution in [2.45, 2.75) is 45.2 Å². The average molecular weight is 464 g/mol. The number of ether oxygens (including phenoxy) is 2. The van der Waals surface area contributed by atoms with Gasteiger partial charge in [-0.1, -0.05) is 0 Å². The molecule has 0 atom stereocenters. The van der Waals surface area contributed by atoms with Gasteiger partial charge in [-0.2, -0.15) is 5.10 Å². The number of benzene rings is 1. The summed E-state index contributed by atoms with van der Waals surface area (Å²) in [5, 5.41) is 5.40. The molecule has 0 radical (unpaired) electrons. The van der Waals surface area contributed by atoms with Crippen molar-refractivity contribution in [1.82, 2.24) is 24.6 Å². The summed E-state index contributed by atoms with van der Waals surface area (Å²) in [4.78, 5) is 22.9. The molecule has 8 heteroatoms. The van der Waals surface area contributed by atoms with Gasteiger partial charge in [0.1, 0.15) is 11.5 Å². The van der Waals surface area contributed by atoms with Gasteiger partial charge in [-0.3, -0.25) is 9.69 Å². The molecule has 1 saturated heterocycles. The molecule has 0 bridgehead atoms.